The van der Waals surface area contributed by atoms with Gasteiger partial charge < -0.3 is 9.88 Å². The normalized spacial score (nSPS) is 14.5. The molecule has 1 aromatic rings. The largest absolute Gasteiger partial charge is 0.322 e. The summed E-state index contributed by atoms with van der Waals surface area (Å²) in [5.74, 6) is -2.21. The number of carbonyl (C=O) groups is 3. The van der Waals surface area contributed by atoms with Gasteiger partial charge in [-0.2, -0.15) is 0 Å². The highest BCUT2D eigenvalue weighted by Gasteiger charge is 2.35. The Labute approximate surface area is 127 Å². The maximum Gasteiger partial charge on any atom is 0.252 e. The Bertz CT molecular complexity index is 797. The summed E-state index contributed by atoms with van der Waals surface area (Å²) < 4.78 is 1.17. The highest BCUT2D eigenvalue weighted by molar-refractivity contribution is 6.52. The molecule has 0 saturated carbocycles. The van der Waals surface area contributed by atoms with Crippen molar-refractivity contribution in [1.29, 1.82) is 0 Å². The lowest BCUT2D eigenvalue weighted by Gasteiger charge is -2.23. The third-order valence-electron chi connectivity index (χ3n) is 3.81. The summed E-state index contributed by atoms with van der Waals surface area (Å²) in [5.41, 5.74) is 1.37. The van der Waals surface area contributed by atoms with Crippen LogP contribution in [0.2, 0.25) is 0 Å². The quantitative estimate of drug-likeness (QED) is 0.825. The van der Waals surface area contributed by atoms with Crippen molar-refractivity contribution in [2.24, 2.45) is 13.0 Å². The van der Waals surface area contributed by atoms with Crippen molar-refractivity contribution < 1.29 is 14.4 Å². The average molecular weight is 302 g/mol. The number of hydrogen-bond acceptors (Lipinski definition) is 4. The zero-order valence-corrected chi connectivity index (χ0v) is 13.2. The Kier molecular flexibility index (Phi) is 3.87. The first-order valence-corrected chi connectivity index (χ1v) is 6.98. The summed E-state index contributed by atoms with van der Waals surface area (Å²) in [5, 5.41) is 2.53. The van der Waals surface area contributed by atoms with Crippen LogP contribution < -0.4 is 10.9 Å². The first kappa shape index (κ1) is 15.9. The van der Waals surface area contributed by atoms with Gasteiger partial charge in [0.25, 0.3) is 17.1 Å². The molecule has 0 saturated heterocycles. The van der Waals surface area contributed by atoms with Crippen molar-refractivity contribution in [3.05, 3.63) is 38.9 Å². The fraction of sp³-hybridized carbons (Fsp3) is 0.375. The number of hydrogen-bond donors (Lipinski definition) is 1. The Morgan fingerprint density at radius 3 is 2.27 bits per heavy atom. The van der Waals surface area contributed by atoms with Gasteiger partial charge in [-0.25, -0.2) is 0 Å². The molecular weight excluding hydrogens is 284 g/mol. The van der Waals surface area contributed by atoms with Crippen LogP contribution in [0.25, 0.3) is 5.57 Å². The van der Waals surface area contributed by atoms with E-state index < -0.39 is 11.6 Å². The molecule has 6 nitrogen and oxygen atoms in total. The molecule has 22 heavy (non-hydrogen) atoms. The van der Waals surface area contributed by atoms with E-state index in [9.17, 15) is 19.2 Å². The standard InChI is InChI=1S/C16H18N2O4/c1-7(2)16(22)17-12-9(4)11-8(3)6-10(19)18(5)13(11)15(21)14(12)20/h6-7H,1-5H3,(H,17,22). The Hall–Kier alpha value is -2.50. The lowest BCUT2D eigenvalue weighted by Crippen LogP contribution is -2.39. The van der Waals surface area contributed by atoms with E-state index in [1.165, 1.54) is 17.7 Å². The lowest BCUT2D eigenvalue weighted by molar-refractivity contribution is -0.124. The fourth-order valence-corrected chi connectivity index (χ4v) is 2.49. The van der Waals surface area contributed by atoms with E-state index >= 15 is 0 Å². The molecule has 1 aliphatic carbocycles. The number of rotatable bonds is 2. The third-order valence-corrected chi connectivity index (χ3v) is 3.81. The average Bonchev–Trinajstić information content (AvgIpc) is 2.44. The van der Waals surface area contributed by atoms with E-state index in [1.807, 2.05) is 0 Å². The second kappa shape index (κ2) is 5.36. The number of carbonyl (C=O) groups excluding carboxylic acids is 3. The molecule has 0 spiro atoms. The number of aromatic nitrogens is 1. The molecule has 0 aliphatic heterocycles. The van der Waals surface area contributed by atoms with Gasteiger partial charge in [-0.05, 0) is 25.0 Å². The molecule has 0 atom stereocenters. The number of nitrogens with zero attached hydrogens (tertiary/aromatic N) is 1. The first-order chi connectivity index (χ1) is 10.2. The van der Waals surface area contributed by atoms with Crippen LogP contribution in [0.3, 0.4) is 0 Å². The molecule has 0 bridgehead atoms. The molecule has 0 aromatic carbocycles. The highest BCUT2D eigenvalue weighted by atomic mass is 16.2. The molecule has 1 aromatic heterocycles. The lowest BCUT2D eigenvalue weighted by atomic mass is 9.88. The molecule has 0 unspecified atom stereocenters. The highest BCUT2D eigenvalue weighted by Crippen LogP contribution is 2.29. The molecule has 2 rings (SSSR count). The van der Waals surface area contributed by atoms with E-state index in [4.69, 9.17) is 0 Å². The van der Waals surface area contributed by atoms with Gasteiger partial charge in [0.15, 0.2) is 0 Å². The maximum absolute atomic E-state index is 12.4. The molecule has 1 heterocycles. The number of pyridine rings is 1. The van der Waals surface area contributed by atoms with E-state index in [0.29, 0.717) is 16.7 Å². The molecule has 1 N–H and O–H groups in total. The number of Topliss-reactive ketones (excluding diaryl/α,β-unsaturated/α-hetero) is 2. The van der Waals surface area contributed by atoms with Crippen molar-refractivity contribution in [2.75, 3.05) is 0 Å². The Morgan fingerprint density at radius 1 is 1.14 bits per heavy atom. The number of amides is 1. The number of aryl methyl sites for hydroxylation is 1. The van der Waals surface area contributed by atoms with Crippen LogP contribution >= 0.6 is 0 Å². The molecule has 0 radical (unpaired) electrons. The van der Waals surface area contributed by atoms with Gasteiger partial charge in [0.2, 0.25) is 5.91 Å². The minimum absolute atomic E-state index is 0.00190. The van der Waals surface area contributed by atoms with Crippen LogP contribution in [0.15, 0.2) is 16.6 Å². The smallest absolute Gasteiger partial charge is 0.252 e. The van der Waals surface area contributed by atoms with E-state index in [2.05, 4.69) is 5.32 Å². The molecular formula is C16H18N2O4. The first-order valence-electron chi connectivity index (χ1n) is 6.98. The van der Waals surface area contributed by atoms with Crippen LogP contribution in [0, 0.1) is 12.8 Å². The molecule has 116 valence electrons. The minimum Gasteiger partial charge on any atom is -0.322 e. The van der Waals surface area contributed by atoms with Crippen LogP contribution in [0.5, 0.6) is 0 Å². The zero-order chi connectivity index (χ0) is 16.8. The monoisotopic (exact) mass is 302 g/mol. The van der Waals surface area contributed by atoms with Crippen LogP contribution in [0.4, 0.5) is 0 Å². The predicted octanol–water partition coefficient (Wildman–Crippen LogP) is 0.962. The summed E-state index contributed by atoms with van der Waals surface area (Å²) in [6, 6.07) is 1.41. The van der Waals surface area contributed by atoms with Crippen molar-refractivity contribution in [3.8, 4) is 0 Å². The van der Waals surface area contributed by atoms with Gasteiger partial charge in [-0.15, -0.1) is 0 Å². The van der Waals surface area contributed by atoms with Crippen LogP contribution in [-0.2, 0) is 16.6 Å². The summed E-state index contributed by atoms with van der Waals surface area (Å²) in [6.07, 6.45) is 0. The SMILES string of the molecule is CC1=C(NC(=O)C(C)C)C(=O)C(=O)c2c1c(C)cc(=O)n2C. The van der Waals surface area contributed by atoms with Crippen molar-refractivity contribution in [3.63, 3.8) is 0 Å². The second-order valence-corrected chi connectivity index (χ2v) is 5.75. The van der Waals surface area contributed by atoms with Gasteiger partial charge in [-0.3, -0.25) is 19.2 Å². The molecule has 0 fully saturated rings. The number of ketones is 2. The Morgan fingerprint density at radius 2 is 1.73 bits per heavy atom. The van der Waals surface area contributed by atoms with Crippen LogP contribution in [0.1, 0.15) is 42.4 Å². The third kappa shape index (κ3) is 2.30. The summed E-state index contributed by atoms with van der Waals surface area (Å²) >= 11 is 0. The van der Waals surface area contributed by atoms with E-state index in [1.54, 1.807) is 27.7 Å². The Balaban J connectivity index is 2.73. The van der Waals surface area contributed by atoms with Gasteiger partial charge in [0.05, 0.1) is 5.70 Å². The predicted molar refractivity (Wildman–Crippen MR) is 81.3 cm³/mol. The van der Waals surface area contributed by atoms with Gasteiger partial charge >= 0.3 is 0 Å². The molecule has 1 amide bonds. The molecule has 6 heteroatoms. The van der Waals surface area contributed by atoms with E-state index in [0.717, 1.165) is 0 Å². The summed E-state index contributed by atoms with van der Waals surface area (Å²) in [4.78, 5) is 48.3. The van der Waals surface area contributed by atoms with Gasteiger partial charge in [0, 0.05) is 24.6 Å². The van der Waals surface area contributed by atoms with Gasteiger partial charge in [0.1, 0.15) is 5.69 Å². The fourth-order valence-electron chi connectivity index (χ4n) is 2.49. The van der Waals surface area contributed by atoms with Crippen molar-refractivity contribution in [1.82, 2.24) is 9.88 Å². The van der Waals surface area contributed by atoms with Gasteiger partial charge in [-0.1, -0.05) is 13.8 Å². The zero-order valence-electron chi connectivity index (χ0n) is 13.2. The van der Waals surface area contributed by atoms with Crippen molar-refractivity contribution >= 4 is 23.0 Å². The number of nitrogens with one attached hydrogen (secondary N) is 1. The number of allylic oxidation sites excluding steroid dienone is 2. The van der Waals surface area contributed by atoms with Crippen molar-refractivity contribution in [2.45, 2.75) is 27.7 Å². The topological polar surface area (TPSA) is 85.2 Å². The second-order valence-electron chi connectivity index (χ2n) is 5.75. The number of fused-ring (bicyclic) bond motifs is 1. The molecule has 1 aliphatic rings. The maximum atomic E-state index is 12.4. The van der Waals surface area contributed by atoms with Crippen LogP contribution in [-0.4, -0.2) is 22.0 Å². The summed E-state index contributed by atoms with van der Waals surface area (Å²) in [7, 11) is 1.46. The van der Waals surface area contributed by atoms with E-state index in [-0.39, 0.29) is 28.8 Å². The summed E-state index contributed by atoms with van der Waals surface area (Å²) in [6.45, 7) is 6.76. The minimum atomic E-state index is -0.792.